The number of amides is 1. The summed E-state index contributed by atoms with van der Waals surface area (Å²) in [6.07, 6.45) is -4.53. The van der Waals surface area contributed by atoms with Crippen molar-refractivity contribution in [2.45, 2.75) is 31.3 Å². The molecule has 1 aromatic carbocycles. The highest BCUT2D eigenvalue weighted by atomic mass is 32.2. The Bertz CT molecular complexity index is 685. The van der Waals surface area contributed by atoms with Gasteiger partial charge in [-0.25, -0.2) is 8.42 Å². The van der Waals surface area contributed by atoms with Gasteiger partial charge in [-0.1, -0.05) is 6.07 Å². The van der Waals surface area contributed by atoms with Gasteiger partial charge in [0.05, 0.1) is 16.6 Å². The average Bonchev–Trinajstić information content (AvgIpc) is 2.44. The number of sulfone groups is 1. The molecule has 0 bridgehead atoms. The lowest BCUT2D eigenvalue weighted by atomic mass is 10.1. The molecule has 0 saturated carbocycles. The van der Waals surface area contributed by atoms with Crippen molar-refractivity contribution in [2.75, 3.05) is 12.3 Å². The molecule has 1 aromatic rings. The van der Waals surface area contributed by atoms with Gasteiger partial charge in [-0.15, -0.1) is 0 Å². The third kappa shape index (κ3) is 3.11. The fourth-order valence-corrected chi connectivity index (χ4v) is 4.02. The fourth-order valence-electron chi connectivity index (χ4n) is 2.45. The highest BCUT2D eigenvalue weighted by Crippen LogP contribution is 2.30. The molecule has 1 aliphatic heterocycles. The molecule has 1 amide bonds. The van der Waals surface area contributed by atoms with Crippen LogP contribution >= 0.6 is 0 Å². The summed E-state index contributed by atoms with van der Waals surface area (Å²) in [6.45, 7) is 3.08. The molecule has 1 fully saturated rings. The molecule has 1 heterocycles. The number of hydrogen-bond acceptors (Lipinski definition) is 3. The summed E-state index contributed by atoms with van der Waals surface area (Å²) in [5.41, 5.74) is -0.989. The van der Waals surface area contributed by atoms with E-state index in [2.05, 4.69) is 0 Å². The van der Waals surface area contributed by atoms with Crippen LogP contribution in [0, 0.1) is 0 Å². The Labute approximate surface area is 126 Å². The smallest absolute Gasteiger partial charge is 0.334 e. The molecule has 0 aromatic heterocycles. The second-order valence-corrected chi connectivity index (χ2v) is 7.87. The molecule has 2 atom stereocenters. The number of carbonyl (C=O) groups is 1. The van der Waals surface area contributed by atoms with Crippen LogP contribution in [0.3, 0.4) is 0 Å². The maximum absolute atomic E-state index is 12.7. The molecular weight excluding hydrogens is 319 g/mol. The molecule has 0 aliphatic carbocycles. The minimum absolute atomic E-state index is 0.0110. The first-order valence-corrected chi connectivity index (χ1v) is 8.45. The van der Waals surface area contributed by atoms with Gasteiger partial charge in [0.2, 0.25) is 0 Å². The van der Waals surface area contributed by atoms with E-state index in [0.29, 0.717) is 0 Å². The van der Waals surface area contributed by atoms with Crippen LogP contribution in [0.4, 0.5) is 13.2 Å². The van der Waals surface area contributed by atoms with Gasteiger partial charge in [0.25, 0.3) is 5.91 Å². The van der Waals surface area contributed by atoms with Crippen LogP contribution in [0.5, 0.6) is 0 Å². The molecule has 8 heteroatoms. The molecule has 4 nitrogen and oxygen atoms in total. The Morgan fingerprint density at radius 2 is 1.91 bits per heavy atom. The highest BCUT2D eigenvalue weighted by Gasteiger charge is 2.38. The number of hydrogen-bond donors (Lipinski definition) is 0. The Hall–Kier alpha value is -1.57. The largest absolute Gasteiger partial charge is 0.416 e. The van der Waals surface area contributed by atoms with Crippen molar-refractivity contribution < 1.29 is 26.4 Å². The SMILES string of the molecule is C[C@@H]1[C@@H](C)S(=O)(=O)CCN1C(=O)c1cccc(C(F)(F)F)c1. The molecule has 0 spiro atoms. The maximum Gasteiger partial charge on any atom is 0.416 e. The van der Waals surface area contributed by atoms with Crippen molar-refractivity contribution in [3.63, 3.8) is 0 Å². The predicted octanol–water partition coefficient (Wildman–Crippen LogP) is 2.35. The van der Waals surface area contributed by atoms with Crippen LogP contribution in [0.15, 0.2) is 24.3 Å². The van der Waals surface area contributed by atoms with E-state index in [1.165, 1.54) is 24.0 Å². The zero-order chi connectivity index (χ0) is 16.7. The summed E-state index contributed by atoms with van der Waals surface area (Å²) in [7, 11) is -3.26. The Balaban J connectivity index is 2.29. The summed E-state index contributed by atoms with van der Waals surface area (Å²) in [6, 6.07) is 3.58. The fraction of sp³-hybridized carbons (Fsp3) is 0.500. The minimum atomic E-state index is -4.53. The van der Waals surface area contributed by atoms with Gasteiger partial charge in [-0.2, -0.15) is 13.2 Å². The average molecular weight is 335 g/mol. The van der Waals surface area contributed by atoms with Crippen molar-refractivity contribution in [1.82, 2.24) is 4.90 Å². The Morgan fingerprint density at radius 1 is 1.27 bits per heavy atom. The molecule has 0 unspecified atom stereocenters. The standard InChI is InChI=1S/C14H16F3NO3S/c1-9-10(2)22(20,21)7-6-18(9)13(19)11-4-3-5-12(8-11)14(15,16)17/h3-5,8-10H,6-7H2,1-2H3/t9-,10-/m1/s1. The first-order chi connectivity index (χ1) is 10.0. The highest BCUT2D eigenvalue weighted by molar-refractivity contribution is 7.92. The van der Waals surface area contributed by atoms with Crippen molar-refractivity contribution in [3.05, 3.63) is 35.4 Å². The molecule has 1 saturated heterocycles. The van der Waals surface area contributed by atoms with Crippen LogP contribution < -0.4 is 0 Å². The molecule has 22 heavy (non-hydrogen) atoms. The topological polar surface area (TPSA) is 54.5 Å². The van der Waals surface area contributed by atoms with Crippen LogP contribution in [-0.4, -0.2) is 42.8 Å². The van der Waals surface area contributed by atoms with E-state index < -0.39 is 38.8 Å². The second-order valence-electron chi connectivity index (χ2n) is 5.39. The van der Waals surface area contributed by atoms with E-state index in [1.54, 1.807) is 6.92 Å². The van der Waals surface area contributed by atoms with E-state index in [4.69, 9.17) is 0 Å². The summed E-state index contributed by atoms with van der Waals surface area (Å²) in [5, 5.41) is -0.740. The van der Waals surface area contributed by atoms with Gasteiger partial charge in [0.1, 0.15) is 0 Å². The molecule has 0 N–H and O–H groups in total. The first-order valence-electron chi connectivity index (χ1n) is 6.74. The van der Waals surface area contributed by atoms with Gasteiger partial charge in [0, 0.05) is 18.2 Å². The molecule has 122 valence electrons. The van der Waals surface area contributed by atoms with Gasteiger partial charge < -0.3 is 4.90 Å². The zero-order valence-corrected chi connectivity index (χ0v) is 12.9. The molecule has 2 rings (SSSR count). The lowest BCUT2D eigenvalue weighted by Gasteiger charge is -2.37. The Morgan fingerprint density at radius 3 is 2.50 bits per heavy atom. The third-order valence-corrected chi connectivity index (χ3v) is 6.33. The molecule has 1 aliphatic rings. The summed E-state index contributed by atoms with van der Waals surface area (Å²) in [5.74, 6) is -0.760. The van der Waals surface area contributed by atoms with Crippen molar-refractivity contribution in [2.24, 2.45) is 0 Å². The molecular formula is C14H16F3NO3S. The van der Waals surface area contributed by atoms with Crippen molar-refractivity contribution in [3.8, 4) is 0 Å². The predicted molar refractivity (Wildman–Crippen MR) is 75.2 cm³/mol. The maximum atomic E-state index is 12.7. The van der Waals surface area contributed by atoms with Gasteiger partial charge in [0.15, 0.2) is 9.84 Å². The Kier molecular flexibility index (Phi) is 4.25. The number of carbonyl (C=O) groups excluding carboxylic acids is 1. The van der Waals surface area contributed by atoms with E-state index in [0.717, 1.165) is 12.1 Å². The van der Waals surface area contributed by atoms with Gasteiger partial charge in [-0.05, 0) is 32.0 Å². The van der Waals surface area contributed by atoms with E-state index in [1.807, 2.05) is 0 Å². The number of alkyl halides is 3. The van der Waals surface area contributed by atoms with E-state index in [-0.39, 0.29) is 17.9 Å². The first kappa shape index (κ1) is 16.8. The number of benzene rings is 1. The minimum Gasteiger partial charge on any atom is -0.334 e. The third-order valence-electron chi connectivity index (χ3n) is 4.05. The summed E-state index contributed by atoms with van der Waals surface area (Å²) >= 11 is 0. The van der Waals surface area contributed by atoms with Crippen LogP contribution in [0.25, 0.3) is 0 Å². The quantitative estimate of drug-likeness (QED) is 0.792. The number of nitrogens with zero attached hydrogens (tertiary/aromatic N) is 1. The van der Waals surface area contributed by atoms with Crippen molar-refractivity contribution >= 4 is 15.7 Å². The van der Waals surface area contributed by atoms with Gasteiger partial charge >= 0.3 is 6.18 Å². The van der Waals surface area contributed by atoms with Crippen LogP contribution in [0.1, 0.15) is 29.8 Å². The van der Waals surface area contributed by atoms with Crippen LogP contribution in [-0.2, 0) is 16.0 Å². The summed E-state index contributed by atoms with van der Waals surface area (Å²) in [4.78, 5) is 13.7. The lowest BCUT2D eigenvalue weighted by Crippen LogP contribution is -2.54. The number of halogens is 3. The molecule has 0 radical (unpaired) electrons. The van der Waals surface area contributed by atoms with E-state index in [9.17, 15) is 26.4 Å². The monoisotopic (exact) mass is 335 g/mol. The van der Waals surface area contributed by atoms with E-state index >= 15 is 0 Å². The van der Waals surface area contributed by atoms with Crippen molar-refractivity contribution in [1.29, 1.82) is 0 Å². The lowest BCUT2D eigenvalue weighted by molar-refractivity contribution is -0.137. The van der Waals surface area contributed by atoms with Gasteiger partial charge in [-0.3, -0.25) is 4.79 Å². The normalized spacial score (nSPS) is 25.0. The number of rotatable bonds is 1. The van der Waals surface area contributed by atoms with Crippen LogP contribution in [0.2, 0.25) is 0 Å². The summed E-state index contributed by atoms with van der Waals surface area (Å²) < 4.78 is 61.7. The zero-order valence-electron chi connectivity index (χ0n) is 12.1. The second kappa shape index (κ2) is 5.57.